The highest BCUT2D eigenvalue weighted by Crippen LogP contribution is 2.30. The van der Waals surface area contributed by atoms with Crippen LogP contribution in [-0.2, 0) is 0 Å². The maximum Gasteiger partial charge on any atom is 0.0754 e. The highest BCUT2D eigenvalue weighted by Gasteiger charge is 2.20. The lowest BCUT2D eigenvalue weighted by Crippen LogP contribution is -2.06. The minimum Gasteiger partial charge on any atom is -0.281 e. The van der Waals surface area contributed by atoms with Crippen LogP contribution in [0.5, 0.6) is 0 Å². The molecule has 1 aliphatic heterocycles. The lowest BCUT2D eigenvalue weighted by molar-refractivity contribution is 0.919. The zero-order valence-corrected chi connectivity index (χ0v) is 12.8. The minimum atomic E-state index is 0.402. The summed E-state index contributed by atoms with van der Waals surface area (Å²) in [6, 6.07) is 21.2. The first-order valence-electron chi connectivity index (χ1n) is 7.37. The molecule has 21 heavy (non-hydrogen) atoms. The van der Waals surface area contributed by atoms with Crippen molar-refractivity contribution in [3.05, 3.63) is 77.9 Å². The maximum atomic E-state index is 4.68. The molecule has 2 heteroatoms. The topological polar surface area (TPSA) is 12.4 Å². The molecular weight excluding hydrogens is 274 g/mol. The molecule has 0 aromatic heterocycles. The summed E-state index contributed by atoms with van der Waals surface area (Å²) < 4.78 is 0. The van der Waals surface area contributed by atoms with Gasteiger partial charge in [0.15, 0.2) is 0 Å². The fourth-order valence-electron chi connectivity index (χ4n) is 2.53. The third-order valence-corrected chi connectivity index (χ3v) is 4.69. The lowest BCUT2D eigenvalue weighted by atomic mass is 9.96. The molecule has 1 heterocycles. The molecule has 1 aliphatic rings. The number of benzene rings is 2. The van der Waals surface area contributed by atoms with Gasteiger partial charge < -0.3 is 0 Å². The number of allylic oxidation sites excluding steroid dienone is 1. The van der Waals surface area contributed by atoms with Gasteiger partial charge in [-0.05, 0) is 17.5 Å². The maximum absolute atomic E-state index is 4.68. The Hall–Kier alpha value is -1.80. The largest absolute Gasteiger partial charge is 0.281 e. The fraction of sp³-hybridized carbons (Fsp3) is 0.211. The summed E-state index contributed by atoms with van der Waals surface area (Å²) in [5, 5.41) is 1.29. The van der Waals surface area contributed by atoms with E-state index in [4.69, 9.17) is 0 Å². The number of hydrogen-bond acceptors (Lipinski definition) is 2. The van der Waals surface area contributed by atoms with Gasteiger partial charge in [-0.1, -0.05) is 72.8 Å². The second-order valence-electron chi connectivity index (χ2n) is 5.08. The van der Waals surface area contributed by atoms with Crippen LogP contribution in [0, 0.1) is 0 Å². The Morgan fingerprint density at radius 3 is 2.38 bits per heavy atom. The van der Waals surface area contributed by atoms with Crippen LogP contribution in [0.2, 0.25) is 0 Å². The Morgan fingerprint density at radius 2 is 1.71 bits per heavy atom. The highest BCUT2D eigenvalue weighted by atomic mass is 32.2. The van der Waals surface area contributed by atoms with Crippen LogP contribution < -0.4 is 0 Å². The standard InChI is InChI=1S/C19H19NS/c1-3-8-16(9-4-1)10-7-13-18(19-20-14-15-21-19)17-11-5-2-6-12-17/h1-12,18H,13-15H2/b10-7+/t18-/m0/s1. The Balaban J connectivity index is 1.75. The average Bonchev–Trinajstić information content (AvgIpc) is 3.07. The highest BCUT2D eigenvalue weighted by molar-refractivity contribution is 8.14. The molecule has 0 saturated carbocycles. The van der Waals surface area contributed by atoms with E-state index in [2.05, 4.69) is 71.7 Å². The van der Waals surface area contributed by atoms with Crippen LogP contribution in [0.1, 0.15) is 23.5 Å². The predicted molar refractivity (Wildman–Crippen MR) is 94.0 cm³/mol. The summed E-state index contributed by atoms with van der Waals surface area (Å²) in [7, 11) is 0. The SMILES string of the molecule is C(=C\c1ccccc1)/C[C@H](C1=NCCS1)c1ccccc1. The fourth-order valence-corrected chi connectivity index (χ4v) is 3.54. The van der Waals surface area contributed by atoms with Crippen molar-refractivity contribution < 1.29 is 0 Å². The number of thioether (sulfide) groups is 1. The molecule has 106 valence electrons. The van der Waals surface area contributed by atoms with Crippen LogP contribution in [0.3, 0.4) is 0 Å². The van der Waals surface area contributed by atoms with E-state index < -0.39 is 0 Å². The van der Waals surface area contributed by atoms with E-state index in [9.17, 15) is 0 Å². The first-order valence-corrected chi connectivity index (χ1v) is 8.36. The molecule has 1 atom stereocenters. The third kappa shape index (κ3) is 3.85. The van der Waals surface area contributed by atoms with Gasteiger partial charge in [-0.25, -0.2) is 0 Å². The minimum absolute atomic E-state index is 0.402. The molecule has 0 bridgehead atoms. The second-order valence-corrected chi connectivity index (χ2v) is 6.20. The van der Waals surface area contributed by atoms with Gasteiger partial charge in [0.1, 0.15) is 0 Å². The molecular formula is C19H19NS. The van der Waals surface area contributed by atoms with Crippen LogP contribution >= 0.6 is 11.8 Å². The van der Waals surface area contributed by atoms with Gasteiger partial charge in [-0.2, -0.15) is 0 Å². The van der Waals surface area contributed by atoms with Crippen LogP contribution in [0.15, 0.2) is 71.7 Å². The summed E-state index contributed by atoms with van der Waals surface area (Å²) in [6.07, 6.45) is 5.48. The van der Waals surface area contributed by atoms with E-state index in [1.807, 2.05) is 17.8 Å². The molecule has 0 saturated heterocycles. The third-order valence-electron chi connectivity index (χ3n) is 3.59. The zero-order valence-electron chi connectivity index (χ0n) is 12.0. The van der Waals surface area contributed by atoms with E-state index in [0.29, 0.717) is 5.92 Å². The smallest absolute Gasteiger partial charge is 0.0754 e. The Morgan fingerprint density at radius 1 is 1.00 bits per heavy atom. The first-order chi connectivity index (χ1) is 10.4. The summed E-state index contributed by atoms with van der Waals surface area (Å²) >= 11 is 1.91. The molecule has 0 amide bonds. The number of rotatable bonds is 5. The zero-order chi connectivity index (χ0) is 14.3. The van der Waals surface area contributed by atoms with E-state index in [1.165, 1.54) is 16.2 Å². The molecule has 0 radical (unpaired) electrons. The van der Waals surface area contributed by atoms with Gasteiger partial charge in [-0.3, -0.25) is 4.99 Å². The Labute approximate surface area is 130 Å². The molecule has 0 aliphatic carbocycles. The van der Waals surface area contributed by atoms with E-state index in [-0.39, 0.29) is 0 Å². The van der Waals surface area contributed by atoms with Crippen molar-refractivity contribution in [1.82, 2.24) is 0 Å². The van der Waals surface area contributed by atoms with E-state index in [1.54, 1.807) is 0 Å². The molecule has 0 spiro atoms. The van der Waals surface area contributed by atoms with Gasteiger partial charge in [0.2, 0.25) is 0 Å². The van der Waals surface area contributed by atoms with Crippen molar-refractivity contribution in [2.75, 3.05) is 12.3 Å². The van der Waals surface area contributed by atoms with Gasteiger partial charge >= 0.3 is 0 Å². The van der Waals surface area contributed by atoms with Gasteiger partial charge in [-0.15, -0.1) is 11.8 Å². The molecule has 3 rings (SSSR count). The predicted octanol–water partition coefficient (Wildman–Crippen LogP) is 5.02. The van der Waals surface area contributed by atoms with Gasteiger partial charge in [0.25, 0.3) is 0 Å². The molecule has 0 N–H and O–H groups in total. The summed E-state index contributed by atoms with van der Waals surface area (Å²) in [5.74, 6) is 1.53. The van der Waals surface area contributed by atoms with Crippen molar-refractivity contribution >= 4 is 22.9 Å². The second kappa shape index (κ2) is 7.28. The van der Waals surface area contributed by atoms with Crippen molar-refractivity contribution in [1.29, 1.82) is 0 Å². The monoisotopic (exact) mass is 293 g/mol. The van der Waals surface area contributed by atoms with Crippen molar-refractivity contribution in [2.45, 2.75) is 12.3 Å². The molecule has 0 unspecified atom stereocenters. The lowest BCUT2D eigenvalue weighted by Gasteiger charge is -2.15. The van der Waals surface area contributed by atoms with Crippen LogP contribution in [0.25, 0.3) is 6.08 Å². The number of hydrogen-bond donors (Lipinski definition) is 0. The van der Waals surface area contributed by atoms with Crippen molar-refractivity contribution in [3.8, 4) is 0 Å². The average molecular weight is 293 g/mol. The molecule has 2 aromatic carbocycles. The summed E-state index contributed by atoms with van der Waals surface area (Å²) in [4.78, 5) is 4.68. The van der Waals surface area contributed by atoms with Crippen LogP contribution in [-0.4, -0.2) is 17.3 Å². The molecule has 0 fully saturated rings. The Bertz CT molecular complexity index is 617. The molecule has 2 aromatic rings. The summed E-state index contributed by atoms with van der Waals surface area (Å²) in [6.45, 7) is 0.964. The quantitative estimate of drug-likeness (QED) is 0.754. The van der Waals surface area contributed by atoms with E-state index in [0.717, 1.165) is 18.7 Å². The van der Waals surface area contributed by atoms with Crippen LogP contribution in [0.4, 0.5) is 0 Å². The van der Waals surface area contributed by atoms with Crippen molar-refractivity contribution in [2.24, 2.45) is 4.99 Å². The van der Waals surface area contributed by atoms with Gasteiger partial charge in [0, 0.05) is 18.2 Å². The van der Waals surface area contributed by atoms with E-state index >= 15 is 0 Å². The molecule has 1 nitrogen and oxygen atoms in total. The number of nitrogens with zero attached hydrogens (tertiary/aromatic N) is 1. The Kier molecular flexibility index (Phi) is 4.90. The summed E-state index contributed by atoms with van der Waals surface area (Å²) in [5.41, 5.74) is 2.62. The normalized spacial score (nSPS) is 16.1. The first kappa shape index (κ1) is 14.2. The van der Waals surface area contributed by atoms with Gasteiger partial charge in [0.05, 0.1) is 5.04 Å². The number of aliphatic imine (C=N–C) groups is 1. The van der Waals surface area contributed by atoms with Crippen molar-refractivity contribution in [3.63, 3.8) is 0 Å².